The molecular weight excluding hydrogens is 120 g/mol. The molecule has 0 nitrogen and oxygen atoms in total. The van der Waals surface area contributed by atoms with Crippen LogP contribution in [0.5, 0.6) is 0 Å². The van der Waals surface area contributed by atoms with Crippen molar-refractivity contribution >= 4 is 0 Å². The third-order valence-corrected chi connectivity index (χ3v) is 2.44. The first kappa shape index (κ1) is 6.24. The lowest BCUT2D eigenvalue weighted by atomic mass is 9.86. The average Bonchev–Trinajstić information content (AvgIpc) is 2.58. The standard InChI is InChI=1S/C10H14/c1-3-9(4-1)5-2-6-10-7-8-10/h5-6,9-10H,1,3-4,7-8H2. The minimum atomic E-state index is 0.884. The predicted molar refractivity (Wildman–Crippen MR) is 42.7 cm³/mol. The summed E-state index contributed by atoms with van der Waals surface area (Å²) < 4.78 is 0. The Kier molecular flexibility index (Phi) is 1.65. The molecule has 0 saturated heterocycles. The molecule has 0 spiro atoms. The van der Waals surface area contributed by atoms with Gasteiger partial charge in [-0.2, -0.15) is 0 Å². The third-order valence-electron chi connectivity index (χ3n) is 2.44. The second-order valence-corrected chi connectivity index (χ2v) is 3.53. The van der Waals surface area contributed by atoms with Crippen molar-refractivity contribution in [3.05, 3.63) is 17.9 Å². The fourth-order valence-corrected chi connectivity index (χ4v) is 1.20. The van der Waals surface area contributed by atoms with E-state index in [4.69, 9.17) is 0 Å². The van der Waals surface area contributed by atoms with Crippen LogP contribution in [0.3, 0.4) is 0 Å². The number of allylic oxidation sites excluding steroid dienone is 1. The van der Waals surface area contributed by atoms with Crippen molar-refractivity contribution in [3.8, 4) is 0 Å². The van der Waals surface area contributed by atoms with Crippen molar-refractivity contribution in [2.24, 2.45) is 11.8 Å². The molecule has 2 aliphatic rings. The molecule has 0 heterocycles. The van der Waals surface area contributed by atoms with E-state index < -0.39 is 0 Å². The maximum Gasteiger partial charge on any atom is -0.0157 e. The quantitative estimate of drug-likeness (QED) is 0.509. The number of hydrogen-bond donors (Lipinski definition) is 0. The van der Waals surface area contributed by atoms with Gasteiger partial charge in [0.15, 0.2) is 0 Å². The maximum absolute atomic E-state index is 3.30. The summed E-state index contributed by atoms with van der Waals surface area (Å²) >= 11 is 0. The van der Waals surface area contributed by atoms with Crippen LogP contribution < -0.4 is 0 Å². The smallest absolute Gasteiger partial charge is 0.0157 e. The molecule has 0 unspecified atom stereocenters. The summed E-state index contributed by atoms with van der Waals surface area (Å²) in [5.74, 6) is 1.78. The summed E-state index contributed by atoms with van der Waals surface area (Å²) in [4.78, 5) is 0. The summed E-state index contributed by atoms with van der Waals surface area (Å²) in [6, 6.07) is 0. The first-order chi connectivity index (χ1) is 4.95. The Bertz CT molecular complexity index is 164. The van der Waals surface area contributed by atoms with Crippen molar-refractivity contribution in [2.75, 3.05) is 0 Å². The van der Waals surface area contributed by atoms with Gasteiger partial charge in [-0.1, -0.05) is 6.42 Å². The van der Waals surface area contributed by atoms with E-state index in [0.717, 1.165) is 11.8 Å². The summed E-state index contributed by atoms with van der Waals surface area (Å²) in [7, 11) is 0. The van der Waals surface area contributed by atoms with Crippen LogP contribution in [0.2, 0.25) is 0 Å². The molecule has 0 amide bonds. The lowest BCUT2D eigenvalue weighted by molar-refractivity contribution is 0.388. The first-order valence-electron chi connectivity index (χ1n) is 4.38. The van der Waals surface area contributed by atoms with Crippen LogP contribution in [-0.2, 0) is 0 Å². The molecule has 2 saturated carbocycles. The topological polar surface area (TPSA) is 0 Å². The van der Waals surface area contributed by atoms with Gasteiger partial charge in [0.25, 0.3) is 0 Å². The molecule has 0 aromatic rings. The van der Waals surface area contributed by atoms with E-state index in [1.54, 1.807) is 0 Å². The van der Waals surface area contributed by atoms with Gasteiger partial charge < -0.3 is 0 Å². The summed E-state index contributed by atoms with van der Waals surface area (Å²) in [6.45, 7) is 0. The van der Waals surface area contributed by atoms with Gasteiger partial charge in [0.05, 0.1) is 0 Å². The Balaban J connectivity index is 1.79. The first-order valence-corrected chi connectivity index (χ1v) is 4.38. The van der Waals surface area contributed by atoms with Crippen LogP contribution in [0.1, 0.15) is 32.1 Å². The molecule has 0 bridgehead atoms. The molecule has 2 rings (SSSR count). The summed E-state index contributed by atoms with van der Waals surface area (Å²) in [5.41, 5.74) is 3.30. The zero-order chi connectivity index (χ0) is 6.81. The van der Waals surface area contributed by atoms with Gasteiger partial charge >= 0.3 is 0 Å². The van der Waals surface area contributed by atoms with Crippen LogP contribution in [0.15, 0.2) is 17.9 Å². The molecule has 54 valence electrons. The van der Waals surface area contributed by atoms with Gasteiger partial charge in [0.2, 0.25) is 0 Å². The van der Waals surface area contributed by atoms with Gasteiger partial charge in [-0.05, 0) is 49.7 Å². The van der Waals surface area contributed by atoms with E-state index in [9.17, 15) is 0 Å². The molecule has 10 heavy (non-hydrogen) atoms. The minimum absolute atomic E-state index is 0.884. The van der Waals surface area contributed by atoms with Gasteiger partial charge in [-0.3, -0.25) is 0 Å². The van der Waals surface area contributed by atoms with Gasteiger partial charge in [0, 0.05) is 0 Å². The van der Waals surface area contributed by atoms with E-state index in [1.807, 2.05) is 0 Å². The van der Waals surface area contributed by atoms with Crippen molar-refractivity contribution in [2.45, 2.75) is 32.1 Å². The molecule has 0 heteroatoms. The number of hydrogen-bond acceptors (Lipinski definition) is 0. The van der Waals surface area contributed by atoms with E-state index in [0.29, 0.717) is 0 Å². The number of rotatable bonds is 2. The van der Waals surface area contributed by atoms with Crippen LogP contribution in [-0.4, -0.2) is 0 Å². The molecule has 0 N–H and O–H groups in total. The van der Waals surface area contributed by atoms with Crippen molar-refractivity contribution < 1.29 is 0 Å². The van der Waals surface area contributed by atoms with Gasteiger partial charge in [-0.15, -0.1) is 5.73 Å². The second-order valence-electron chi connectivity index (χ2n) is 3.53. The summed E-state index contributed by atoms with van der Waals surface area (Å²) in [5, 5.41) is 0. The largest absolute Gasteiger partial charge is 0.129 e. The second kappa shape index (κ2) is 2.64. The lowest BCUT2D eigenvalue weighted by Crippen LogP contribution is -2.06. The monoisotopic (exact) mass is 134 g/mol. The molecular formula is C10H14. The molecule has 0 atom stereocenters. The molecule has 2 aliphatic carbocycles. The maximum atomic E-state index is 3.30. The van der Waals surface area contributed by atoms with Crippen LogP contribution in [0.4, 0.5) is 0 Å². The highest BCUT2D eigenvalue weighted by atomic mass is 14.2. The van der Waals surface area contributed by atoms with Crippen LogP contribution in [0, 0.1) is 11.8 Å². The van der Waals surface area contributed by atoms with Gasteiger partial charge in [0.1, 0.15) is 0 Å². The highest BCUT2D eigenvalue weighted by molar-refractivity contribution is 4.99. The van der Waals surface area contributed by atoms with Crippen LogP contribution in [0.25, 0.3) is 0 Å². The zero-order valence-electron chi connectivity index (χ0n) is 6.34. The molecule has 2 fully saturated rings. The van der Waals surface area contributed by atoms with E-state index in [1.165, 1.54) is 32.1 Å². The molecule has 0 radical (unpaired) electrons. The summed E-state index contributed by atoms with van der Waals surface area (Å²) in [6.07, 6.45) is 11.6. The Morgan fingerprint density at radius 3 is 1.90 bits per heavy atom. The average molecular weight is 134 g/mol. The Morgan fingerprint density at radius 2 is 1.50 bits per heavy atom. The van der Waals surface area contributed by atoms with Crippen molar-refractivity contribution in [1.29, 1.82) is 0 Å². The minimum Gasteiger partial charge on any atom is -0.129 e. The van der Waals surface area contributed by atoms with E-state index >= 15 is 0 Å². The zero-order valence-corrected chi connectivity index (χ0v) is 6.34. The van der Waals surface area contributed by atoms with E-state index in [2.05, 4.69) is 17.9 Å². The molecule has 0 aromatic carbocycles. The van der Waals surface area contributed by atoms with Crippen LogP contribution >= 0.6 is 0 Å². The van der Waals surface area contributed by atoms with Gasteiger partial charge in [-0.25, -0.2) is 0 Å². The third kappa shape index (κ3) is 1.52. The molecule has 0 aliphatic heterocycles. The highest BCUT2D eigenvalue weighted by Gasteiger charge is 2.17. The van der Waals surface area contributed by atoms with Crippen molar-refractivity contribution in [1.82, 2.24) is 0 Å². The fraction of sp³-hybridized carbons (Fsp3) is 0.700. The lowest BCUT2D eigenvalue weighted by Gasteiger charge is -2.19. The van der Waals surface area contributed by atoms with Crippen molar-refractivity contribution in [3.63, 3.8) is 0 Å². The normalized spacial score (nSPS) is 24.8. The van der Waals surface area contributed by atoms with E-state index in [-0.39, 0.29) is 0 Å². The fourth-order valence-electron chi connectivity index (χ4n) is 1.20. The molecule has 0 aromatic heterocycles. The SMILES string of the molecule is C(=CC1CCC1)=CC1CC1. The predicted octanol–water partition coefficient (Wildman–Crippen LogP) is 2.91. The Morgan fingerprint density at radius 1 is 0.900 bits per heavy atom. The Hall–Kier alpha value is -0.480. The highest BCUT2D eigenvalue weighted by Crippen LogP contribution is 2.30. The Labute approximate surface area is 62.6 Å².